The number of hydrogen-bond acceptors (Lipinski definition) is 9. The minimum absolute atomic E-state index is 0.119. The van der Waals surface area contributed by atoms with Crippen molar-refractivity contribution in [1.82, 2.24) is 29.4 Å². The summed E-state index contributed by atoms with van der Waals surface area (Å²) in [6.45, 7) is 3.08. The van der Waals surface area contributed by atoms with Crippen LogP contribution in [0, 0.1) is 6.92 Å². The third kappa shape index (κ3) is 6.05. The highest BCUT2D eigenvalue weighted by Crippen LogP contribution is 2.35. The summed E-state index contributed by atoms with van der Waals surface area (Å²) in [4.78, 5) is 37.6. The molecule has 4 heterocycles. The van der Waals surface area contributed by atoms with Crippen LogP contribution in [0.4, 0.5) is 17.5 Å². The Morgan fingerprint density at radius 1 is 1.22 bits per heavy atom. The number of amides is 1. The smallest absolute Gasteiger partial charge is 0.274 e. The quantitative estimate of drug-likeness (QED) is 0.266. The van der Waals surface area contributed by atoms with Crippen LogP contribution >= 0.6 is 11.6 Å². The first-order chi connectivity index (χ1) is 17.8. The van der Waals surface area contributed by atoms with Crippen molar-refractivity contribution in [3.63, 3.8) is 0 Å². The third-order valence-electron chi connectivity index (χ3n) is 5.37. The van der Waals surface area contributed by atoms with Gasteiger partial charge in [-0.15, -0.1) is 0 Å². The number of aromatic nitrogens is 5. The van der Waals surface area contributed by atoms with Gasteiger partial charge >= 0.3 is 0 Å². The van der Waals surface area contributed by atoms with E-state index >= 15 is 0 Å². The molecule has 1 amide bonds. The van der Waals surface area contributed by atoms with Crippen molar-refractivity contribution >= 4 is 46.1 Å². The maximum atomic E-state index is 12.5. The van der Waals surface area contributed by atoms with Gasteiger partial charge in [-0.25, -0.2) is 9.97 Å². The number of imidazole rings is 1. The second-order valence-electron chi connectivity index (χ2n) is 8.27. The number of anilines is 3. The number of fused-ring (bicyclic) bond motifs is 1. The molecule has 0 fully saturated rings. The average molecular weight is 527 g/mol. The van der Waals surface area contributed by atoms with Crippen molar-refractivity contribution in [2.24, 2.45) is 14.1 Å². The lowest BCUT2D eigenvalue weighted by atomic mass is 10.3. The summed E-state index contributed by atoms with van der Waals surface area (Å²) >= 11 is 6.68. The van der Waals surface area contributed by atoms with Crippen LogP contribution in [0.5, 0.6) is 11.5 Å². The Hall–Kier alpha value is -4.00. The van der Waals surface area contributed by atoms with E-state index in [0.717, 1.165) is 5.56 Å². The molecule has 12 nitrogen and oxygen atoms in total. The van der Waals surface area contributed by atoms with Crippen molar-refractivity contribution in [1.29, 1.82) is 0 Å². The third-order valence-corrected chi connectivity index (χ3v) is 5.73. The van der Waals surface area contributed by atoms with Gasteiger partial charge in [-0.2, -0.15) is 4.98 Å². The van der Waals surface area contributed by atoms with E-state index in [2.05, 4.69) is 30.9 Å². The van der Waals surface area contributed by atoms with E-state index in [9.17, 15) is 9.59 Å². The highest BCUT2D eigenvalue weighted by Gasteiger charge is 2.18. The molecule has 4 rings (SSSR count). The van der Waals surface area contributed by atoms with Crippen molar-refractivity contribution in [2.75, 3.05) is 37.4 Å². The van der Waals surface area contributed by atoms with Gasteiger partial charge in [0.25, 0.3) is 5.56 Å². The van der Waals surface area contributed by atoms with E-state index in [-0.39, 0.29) is 23.0 Å². The number of carbonyl (C=O) groups excluding carboxylic acids is 1. The van der Waals surface area contributed by atoms with Crippen LogP contribution in [0.2, 0.25) is 5.02 Å². The SMILES string of the molecule is COCCNCC(=O)Nc1cc(Oc2cnc3nc(Nc4cc(C)cn(C)c4=O)n(C)c3c2Cl)ccn1. The fourth-order valence-corrected chi connectivity index (χ4v) is 3.92. The molecule has 0 aliphatic heterocycles. The maximum Gasteiger partial charge on any atom is 0.274 e. The van der Waals surface area contributed by atoms with Gasteiger partial charge in [0.15, 0.2) is 11.4 Å². The Morgan fingerprint density at radius 3 is 2.81 bits per heavy atom. The van der Waals surface area contributed by atoms with Gasteiger partial charge in [0, 0.05) is 46.2 Å². The second kappa shape index (κ2) is 11.4. The molecule has 0 aromatic carbocycles. The summed E-state index contributed by atoms with van der Waals surface area (Å²) < 4.78 is 14.1. The number of nitrogens with one attached hydrogen (secondary N) is 3. The van der Waals surface area contributed by atoms with E-state index in [1.54, 1.807) is 50.2 Å². The first-order valence-electron chi connectivity index (χ1n) is 11.4. The fourth-order valence-electron chi connectivity index (χ4n) is 3.62. The van der Waals surface area contributed by atoms with Crippen molar-refractivity contribution in [3.05, 3.63) is 57.7 Å². The maximum absolute atomic E-state index is 12.5. The number of methoxy groups -OCH3 is 1. The number of carbonyl (C=O) groups is 1. The molecule has 0 radical (unpaired) electrons. The molecule has 4 aromatic rings. The molecule has 3 N–H and O–H groups in total. The number of halogens is 1. The molecule has 194 valence electrons. The molecule has 0 saturated heterocycles. The van der Waals surface area contributed by atoms with Gasteiger partial charge < -0.3 is 34.6 Å². The Balaban J connectivity index is 1.53. The monoisotopic (exact) mass is 526 g/mol. The molecule has 0 unspecified atom stereocenters. The molecule has 37 heavy (non-hydrogen) atoms. The molecule has 0 saturated carbocycles. The number of ether oxygens (including phenoxy) is 2. The van der Waals surface area contributed by atoms with E-state index in [0.29, 0.717) is 53.3 Å². The van der Waals surface area contributed by atoms with Crippen LogP contribution in [0.1, 0.15) is 5.56 Å². The summed E-state index contributed by atoms with van der Waals surface area (Å²) in [6.07, 6.45) is 4.73. The van der Waals surface area contributed by atoms with Crippen LogP contribution in [0.3, 0.4) is 0 Å². The highest BCUT2D eigenvalue weighted by atomic mass is 35.5. The van der Waals surface area contributed by atoms with E-state index < -0.39 is 0 Å². The lowest BCUT2D eigenvalue weighted by Crippen LogP contribution is -2.30. The van der Waals surface area contributed by atoms with Crippen molar-refractivity contribution in [2.45, 2.75) is 6.92 Å². The summed E-state index contributed by atoms with van der Waals surface area (Å²) in [6, 6.07) is 4.97. The Morgan fingerprint density at radius 2 is 2.03 bits per heavy atom. The molecule has 0 bridgehead atoms. The highest BCUT2D eigenvalue weighted by molar-refractivity contribution is 6.36. The molecule has 13 heteroatoms. The van der Waals surface area contributed by atoms with Crippen LogP contribution in [-0.4, -0.2) is 56.8 Å². The lowest BCUT2D eigenvalue weighted by molar-refractivity contribution is -0.115. The van der Waals surface area contributed by atoms with Gasteiger partial charge in [0.2, 0.25) is 11.9 Å². The number of pyridine rings is 3. The van der Waals surface area contributed by atoms with Crippen LogP contribution in [0.15, 0.2) is 41.6 Å². The zero-order chi connectivity index (χ0) is 26.5. The normalized spacial score (nSPS) is 11.1. The van der Waals surface area contributed by atoms with Gasteiger partial charge in [-0.05, 0) is 24.6 Å². The summed E-state index contributed by atoms with van der Waals surface area (Å²) in [7, 11) is 5.04. The molecular weight excluding hydrogens is 500 g/mol. The molecule has 0 atom stereocenters. The number of aryl methyl sites for hydroxylation is 3. The minimum Gasteiger partial charge on any atom is -0.454 e. The number of rotatable bonds is 10. The Bertz CT molecular complexity index is 1500. The topological polar surface area (TPSA) is 137 Å². The van der Waals surface area contributed by atoms with Crippen molar-refractivity contribution in [3.8, 4) is 11.5 Å². The molecule has 0 spiro atoms. The molecule has 0 aliphatic rings. The van der Waals surface area contributed by atoms with Crippen LogP contribution in [-0.2, 0) is 23.6 Å². The van der Waals surface area contributed by atoms with E-state index in [4.69, 9.17) is 21.1 Å². The Labute approximate surface area is 217 Å². The standard InChI is InChI=1S/C24H27ClN8O4/c1-14-9-16(23(35)32(2)13-14)29-24-31-22-21(33(24)3)20(25)17(11-28-22)37-15-5-6-27-18(10-15)30-19(34)12-26-7-8-36-4/h5-6,9-11,13,26H,7-8,12H2,1-4H3,(H,27,30,34)(H,28,29,31). The zero-order valence-corrected chi connectivity index (χ0v) is 21.6. The summed E-state index contributed by atoms with van der Waals surface area (Å²) in [5.74, 6) is 1.18. The first kappa shape index (κ1) is 26.1. The number of hydrogen-bond donors (Lipinski definition) is 3. The first-order valence-corrected chi connectivity index (χ1v) is 11.7. The van der Waals surface area contributed by atoms with Crippen LogP contribution < -0.4 is 26.2 Å². The molecule has 0 aliphatic carbocycles. The van der Waals surface area contributed by atoms with Gasteiger partial charge in [-0.1, -0.05) is 11.6 Å². The van der Waals surface area contributed by atoms with Crippen LogP contribution in [0.25, 0.3) is 11.2 Å². The van der Waals surface area contributed by atoms with Crippen molar-refractivity contribution < 1.29 is 14.3 Å². The van der Waals surface area contributed by atoms with E-state index in [1.165, 1.54) is 17.0 Å². The summed E-state index contributed by atoms with van der Waals surface area (Å²) in [5, 5.41) is 9.03. The predicted octanol–water partition coefficient (Wildman–Crippen LogP) is 2.73. The minimum atomic E-state index is -0.250. The Kier molecular flexibility index (Phi) is 8.01. The van der Waals surface area contributed by atoms with Gasteiger partial charge in [0.1, 0.15) is 27.8 Å². The van der Waals surface area contributed by atoms with Gasteiger partial charge in [-0.3, -0.25) is 9.59 Å². The number of nitrogens with zero attached hydrogens (tertiary/aromatic N) is 5. The molecular formula is C24H27ClN8O4. The largest absolute Gasteiger partial charge is 0.454 e. The average Bonchev–Trinajstić information content (AvgIpc) is 3.17. The fraction of sp³-hybridized carbons (Fsp3) is 0.292. The summed E-state index contributed by atoms with van der Waals surface area (Å²) in [5.41, 5.74) is 2.03. The van der Waals surface area contributed by atoms with E-state index in [1.807, 2.05) is 6.92 Å². The zero-order valence-electron chi connectivity index (χ0n) is 20.8. The molecule has 4 aromatic heterocycles. The second-order valence-corrected chi connectivity index (χ2v) is 8.65. The predicted molar refractivity (Wildman–Crippen MR) is 141 cm³/mol. The lowest BCUT2D eigenvalue weighted by Gasteiger charge is -2.11. The van der Waals surface area contributed by atoms with Gasteiger partial charge in [0.05, 0.1) is 19.3 Å².